The van der Waals surface area contributed by atoms with Gasteiger partial charge in [0.1, 0.15) is 5.75 Å². The van der Waals surface area contributed by atoms with Gasteiger partial charge in [-0.05, 0) is 106 Å². The number of rotatable bonds is 6. The SMILES string of the molecule is O=C(O[C@H](Cc1cc(Br)c(O)c(Br)c1)C(=O)N1CCC(N2CCC(O)CC2)CC1)N1CCC(N2CCc3ccccc3NC2=O)CC1. The van der Waals surface area contributed by atoms with Crippen LogP contribution < -0.4 is 5.32 Å². The van der Waals surface area contributed by atoms with Crippen LogP contribution in [0.3, 0.4) is 0 Å². The van der Waals surface area contributed by atoms with Crippen molar-refractivity contribution in [2.75, 3.05) is 51.1 Å². The smallest absolute Gasteiger partial charge is 0.410 e. The Morgan fingerprint density at radius 2 is 1.49 bits per heavy atom. The highest BCUT2D eigenvalue weighted by Gasteiger charge is 2.36. The number of halogens is 2. The van der Waals surface area contributed by atoms with Crippen LogP contribution in [-0.2, 0) is 22.4 Å². The van der Waals surface area contributed by atoms with Crippen LogP contribution in [0.25, 0.3) is 0 Å². The lowest BCUT2D eigenvalue weighted by Crippen LogP contribution is -2.53. The second kappa shape index (κ2) is 15.1. The van der Waals surface area contributed by atoms with Crippen molar-refractivity contribution < 1.29 is 29.3 Å². The summed E-state index contributed by atoms with van der Waals surface area (Å²) in [5.74, 6) is -0.160. The van der Waals surface area contributed by atoms with Crippen LogP contribution in [0.1, 0.15) is 49.7 Å². The van der Waals surface area contributed by atoms with E-state index >= 15 is 0 Å². The summed E-state index contributed by atoms with van der Waals surface area (Å²) in [6.45, 7) is 4.36. The van der Waals surface area contributed by atoms with E-state index in [9.17, 15) is 24.6 Å². The molecule has 3 saturated heterocycles. The number of likely N-dealkylation sites (tertiary alicyclic amines) is 3. The van der Waals surface area contributed by atoms with Crippen LogP contribution in [0.4, 0.5) is 15.3 Å². The zero-order chi connectivity index (χ0) is 33.1. The first-order valence-corrected chi connectivity index (χ1v) is 18.2. The summed E-state index contributed by atoms with van der Waals surface area (Å²) in [5.41, 5.74) is 2.70. The number of para-hydroxylation sites is 1. The minimum atomic E-state index is -1.03. The summed E-state index contributed by atoms with van der Waals surface area (Å²) in [4.78, 5) is 48.3. The van der Waals surface area contributed by atoms with Crippen molar-refractivity contribution in [2.45, 2.75) is 75.7 Å². The molecule has 0 unspecified atom stereocenters. The second-order valence-electron chi connectivity index (χ2n) is 13.1. The Hall–Kier alpha value is -2.87. The minimum absolute atomic E-state index is 0.00181. The summed E-state index contributed by atoms with van der Waals surface area (Å²) in [6.07, 6.45) is 3.63. The molecule has 47 heavy (non-hydrogen) atoms. The summed E-state index contributed by atoms with van der Waals surface area (Å²) in [6, 6.07) is 11.6. The number of carbonyl (C=O) groups is 3. The molecule has 4 aliphatic heterocycles. The standard InChI is InChI=1S/C34H43Br2N5O6/c35-27-19-22(20-28(36)31(27)43)21-30(32(44)39-12-6-24(7-13-39)38-16-10-26(42)11-17-38)47-34(46)40-14-8-25(9-15-40)41-18-5-23-3-1-2-4-29(23)37-33(41)45/h1-4,19-20,24-26,30,42-43H,5-18,21H2,(H,37,45)/t30-/m1/s1. The van der Waals surface area contributed by atoms with E-state index in [1.54, 1.807) is 21.9 Å². The quantitative estimate of drug-likeness (QED) is 0.379. The van der Waals surface area contributed by atoms with Gasteiger partial charge in [0.05, 0.1) is 15.0 Å². The zero-order valence-electron chi connectivity index (χ0n) is 26.5. The number of carbonyl (C=O) groups excluding carboxylic acids is 3. The first-order valence-electron chi connectivity index (χ1n) is 16.6. The van der Waals surface area contributed by atoms with Gasteiger partial charge in [0.15, 0.2) is 6.10 Å². The molecule has 2 aromatic carbocycles. The molecule has 0 saturated carbocycles. The number of piperidine rings is 3. The highest BCUT2D eigenvalue weighted by Crippen LogP contribution is 2.34. The molecule has 13 heteroatoms. The third-order valence-corrected chi connectivity index (χ3v) is 11.3. The van der Waals surface area contributed by atoms with Gasteiger partial charge in [-0.1, -0.05) is 18.2 Å². The molecule has 3 N–H and O–H groups in total. The monoisotopic (exact) mass is 775 g/mol. The average molecular weight is 778 g/mol. The Balaban J connectivity index is 1.08. The van der Waals surface area contributed by atoms with Gasteiger partial charge in [0, 0.05) is 70.0 Å². The van der Waals surface area contributed by atoms with Gasteiger partial charge in [0.25, 0.3) is 5.91 Å². The molecule has 4 heterocycles. The number of urea groups is 1. The highest BCUT2D eigenvalue weighted by atomic mass is 79.9. The largest absolute Gasteiger partial charge is 0.506 e. The molecule has 4 aliphatic rings. The molecule has 6 rings (SSSR count). The van der Waals surface area contributed by atoms with Crippen molar-refractivity contribution in [3.63, 3.8) is 0 Å². The molecule has 4 amide bonds. The van der Waals surface area contributed by atoms with Gasteiger partial charge in [-0.3, -0.25) is 4.79 Å². The van der Waals surface area contributed by atoms with Gasteiger partial charge in [-0.15, -0.1) is 0 Å². The van der Waals surface area contributed by atoms with Crippen LogP contribution in [0.15, 0.2) is 45.3 Å². The van der Waals surface area contributed by atoms with Gasteiger partial charge in [-0.25, -0.2) is 9.59 Å². The van der Waals surface area contributed by atoms with Gasteiger partial charge >= 0.3 is 12.1 Å². The number of nitrogens with zero attached hydrogens (tertiary/aromatic N) is 4. The van der Waals surface area contributed by atoms with Gasteiger partial charge < -0.3 is 39.9 Å². The van der Waals surface area contributed by atoms with E-state index in [-0.39, 0.29) is 36.3 Å². The molecular weight excluding hydrogens is 734 g/mol. The molecule has 0 spiro atoms. The van der Waals surface area contributed by atoms with Crippen LogP contribution in [0.2, 0.25) is 0 Å². The number of hydrogen-bond donors (Lipinski definition) is 3. The fourth-order valence-electron chi connectivity index (χ4n) is 7.33. The molecule has 1 atom stereocenters. The number of anilines is 1. The van der Waals surface area contributed by atoms with Gasteiger partial charge in [0.2, 0.25) is 0 Å². The van der Waals surface area contributed by atoms with Gasteiger partial charge in [-0.2, -0.15) is 0 Å². The normalized spacial score (nSPS) is 21.2. The Labute approximate surface area is 292 Å². The van der Waals surface area contributed by atoms with E-state index in [2.05, 4.69) is 42.1 Å². The predicted octanol–water partition coefficient (Wildman–Crippen LogP) is 4.97. The number of ether oxygens (including phenoxy) is 1. The Bertz CT molecular complexity index is 1430. The number of aliphatic hydroxyl groups is 1. The summed E-state index contributed by atoms with van der Waals surface area (Å²) < 4.78 is 6.97. The van der Waals surface area contributed by atoms with E-state index in [0.29, 0.717) is 60.6 Å². The average Bonchev–Trinajstić information content (AvgIpc) is 3.25. The van der Waals surface area contributed by atoms with Crippen LogP contribution in [-0.4, -0.2) is 118 Å². The molecule has 0 aromatic heterocycles. The van der Waals surface area contributed by atoms with Crippen molar-refractivity contribution in [1.29, 1.82) is 0 Å². The molecular formula is C34H43Br2N5O6. The number of nitrogens with one attached hydrogen (secondary N) is 1. The molecule has 11 nitrogen and oxygen atoms in total. The topological polar surface area (TPSA) is 126 Å². The van der Waals surface area contributed by atoms with E-state index in [0.717, 1.165) is 62.0 Å². The van der Waals surface area contributed by atoms with Crippen LogP contribution >= 0.6 is 31.9 Å². The van der Waals surface area contributed by atoms with Crippen molar-refractivity contribution >= 4 is 55.6 Å². The van der Waals surface area contributed by atoms with Crippen molar-refractivity contribution in [1.82, 2.24) is 19.6 Å². The molecule has 0 aliphatic carbocycles. The highest BCUT2D eigenvalue weighted by molar-refractivity contribution is 9.11. The predicted molar refractivity (Wildman–Crippen MR) is 184 cm³/mol. The third-order valence-electron chi connectivity index (χ3n) is 10.1. The van der Waals surface area contributed by atoms with E-state index in [1.807, 2.05) is 29.2 Å². The third kappa shape index (κ3) is 8.06. The lowest BCUT2D eigenvalue weighted by Gasteiger charge is -2.41. The molecule has 3 fully saturated rings. The molecule has 0 bridgehead atoms. The van der Waals surface area contributed by atoms with Crippen molar-refractivity contribution in [3.8, 4) is 5.75 Å². The lowest BCUT2D eigenvalue weighted by molar-refractivity contribution is -0.142. The Morgan fingerprint density at radius 3 is 2.17 bits per heavy atom. The first kappa shape index (κ1) is 34.0. The Morgan fingerprint density at radius 1 is 0.872 bits per heavy atom. The maximum Gasteiger partial charge on any atom is 0.410 e. The zero-order valence-corrected chi connectivity index (χ0v) is 29.6. The fourth-order valence-corrected chi connectivity index (χ4v) is 8.61. The number of fused-ring (bicyclic) bond motifs is 1. The number of phenols is 1. The molecule has 254 valence electrons. The number of benzene rings is 2. The Kier molecular flexibility index (Phi) is 10.9. The van der Waals surface area contributed by atoms with E-state index in [4.69, 9.17) is 4.74 Å². The first-order chi connectivity index (χ1) is 22.7. The number of aliphatic hydroxyl groups excluding tert-OH is 1. The summed E-state index contributed by atoms with van der Waals surface area (Å²) >= 11 is 6.75. The molecule has 0 radical (unpaired) electrons. The fraction of sp³-hybridized carbons (Fsp3) is 0.559. The maximum absolute atomic E-state index is 14.0. The van der Waals surface area contributed by atoms with Crippen molar-refractivity contribution in [3.05, 3.63) is 56.5 Å². The lowest BCUT2D eigenvalue weighted by atomic mass is 9.98. The van der Waals surface area contributed by atoms with Crippen molar-refractivity contribution in [2.24, 2.45) is 0 Å². The molecule has 2 aromatic rings. The summed E-state index contributed by atoms with van der Waals surface area (Å²) in [5, 5.41) is 23.2. The van der Waals surface area contributed by atoms with Crippen LogP contribution in [0.5, 0.6) is 5.75 Å². The van der Waals surface area contributed by atoms with E-state index < -0.39 is 12.2 Å². The second-order valence-corrected chi connectivity index (χ2v) is 14.8. The number of phenolic OH excluding ortho intramolecular Hbond substituents is 1. The number of amides is 4. The minimum Gasteiger partial charge on any atom is -0.506 e. The number of hydrogen-bond acceptors (Lipinski definition) is 7. The van der Waals surface area contributed by atoms with Crippen LogP contribution in [0, 0.1) is 0 Å². The maximum atomic E-state index is 14.0. The van der Waals surface area contributed by atoms with E-state index in [1.165, 1.54) is 0 Å². The summed E-state index contributed by atoms with van der Waals surface area (Å²) in [7, 11) is 0. The number of aromatic hydroxyl groups is 1.